The lowest BCUT2D eigenvalue weighted by Gasteiger charge is -2.08. The molecule has 0 aromatic heterocycles. The second-order valence-corrected chi connectivity index (χ2v) is 3.90. The van der Waals surface area contributed by atoms with Crippen molar-refractivity contribution in [3.8, 4) is 0 Å². The minimum atomic E-state index is 0.502. The van der Waals surface area contributed by atoms with Crippen LogP contribution < -0.4 is 0 Å². The molecule has 0 aliphatic carbocycles. The second-order valence-electron chi connectivity index (χ2n) is 2.75. The highest BCUT2D eigenvalue weighted by atomic mass is 32.2. The topological polar surface area (TPSA) is 9.23 Å². The van der Waals surface area contributed by atoms with Gasteiger partial charge in [-0.25, -0.2) is 0 Å². The Bertz CT molecular complexity index is 116. The van der Waals surface area contributed by atoms with E-state index < -0.39 is 0 Å². The lowest BCUT2D eigenvalue weighted by Crippen LogP contribution is -2.12. The quantitative estimate of drug-likeness (QED) is 0.582. The Morgan fingerprint density at radius 2 is 2.60 bits per heavy atom. The van der Waals surface area contributed by atoms with Crippen molar-refractivity contribution in [3.05, 3.63) is 12.2 Å². The summed E-state index contributed by atoms with van der Waals surface area (Å²) in [6.07, 6.45) is 1.72. The standard InChI is InChI=1S/C8H14OS/c1-7(2)5-9-8-3-4-10-6-8/h8H,1,3-6H2,2H3. The van der Waals surface area contributed by atoms with Gasteiger partial charge in [0.25, 0.3) is 0 Å². The third-order valence-electron chi connectivity index (χ3n) is 1.45. The molecule has 0 bridgehead atoms. The van der Waals surface area contributed by atoms with E-state index in [1.165, 1.54) is 17.9 Å². The summed E-state index contributed by atoms with van der Waals surface area (Å²) < 4.78 is 5.54. The van der Waals surface area contributed by atoms with Crippen LogP contribution in [0.25, 0.3) is 0 Å². The minimum absolute atomic E-state index is 0.502. The van der Waals surface area contributed by atoms with Crippen LogP contribution in [0.3, 0.4) is 0 Å². The Morgan fingerprint density at radius 3 is 3.10 bits per heavy atom. The lowest BCUT2D eigenvalue weighted by molar-refractivity contribution is 0.0893. The molecule has 0 saturated carbocycles. The summed E-state index contributed by atoms with van der Waals surface area (Å²) in [7, 11) is 0. The van der Waals surface area contributed by atoms with Crippen molar-refractivity contribution in [3.63, 3.8) is 0 Å². The average Bonchev–Trinajstić information content (AvgIpc) is 2.34. The molecule has 1 heterocycles. The summed E-state index contributed by atoms with van der Waals surface area (Å²) in [6, 6.07) is 0. The van der Waals surface area contributed by atoms with E-state index >= 15 is 0 Å². The predicted molar refractivity (Wildman–Crippen MR) is 46.5 cm³/mol. The van der Waals surface area contributed by atoms with Gasteiger partial charge in [0, 0.05) is 5.75 Å². The van der Waals surface area contributed by atoms with Gasteiger partial charge in [-0.15, -0.1) is 0 Å². The fraction of sp³-hybridized carbons (Fsp3) is 0.750. The highest BCUT2D eigenvalue weighted by Gasteiger charge is 2.14. The first-order valence-electron chi connectivity index (χ1n) is 3.63. The van der Waals surface area contributed by atoms with E-state index in [2.05, 4.69) is 6.58 Å². The summed E-state index contributed by atoms with van der Waals surface area (Å²) in [6.45, 7) is 6.53. The SMILES string of the molecule is C=C(C)COC1CCSC1. The Labute approximate surface area is 66.8 Å². The van der Waals surface area contributed by atoms with Crippen LogP contribution in [0.2, 0.25) is 0 Å². The van der Waals surface area contributed by atoms with Gasteiger partial charge < -0.3 is 4.74 Å². The summed E-state index contributed by atoms with van der Waals surface area (Å²) in [5.74, 6) is 2.44. The molecular weight excluding hydrogens is 144 g/mol. The molecule has 1 atom stereocenters. The van der Waals surface area contributed by atoms with Crippen molar-refractivity contribution in [2.45, 2.75) is 19.4 Å². The minimum Gasteiger partial charge on any atom is -0.373 e. The first-order valence-corrected chi connectivity index (χ1v) is 4.78. The Kier molecular flexibility index (Phi) is 3.29. The lowest BCUT2D eigenvalue weighted by atomic mass is 10.3. The van der Waals surface area contributed by atoms with Crippen molar-refractivity contribution in [2.75, 3.05) is 18.1 Å². The van der Waals surface area contributed by atoms with E-state index in [4.69, 9.17) is 4.74 Å². The zero-order valence-corrected chi connectivity index (χ0v) is 7.25. The first-order chi connectivity index (χ1) is 4.79. The maximum Gasteiger partial charge on any atom is 0.0677 e. The summed E-state index contributed by atoms with van der Waals surface area (Å²) in [4.78, 5) is 0. The van der Waals surface area contributed by atoms with Crippen molar-refractivity contribution in [1.82, 2.24) is 0 Å². The summed E-state index contributed by atoms with van der Waals surface area (Å²) >= 11 is 1.98. The normalized spacial score (nSPS) is 25.1. The molecule has 0 aromatic carbocycles. The molecule has 0 spiro atoms. The van der Waals surface area contributed by atoms with Gasteiger partial charge in [-0.1, -0.05) is 12.2 Å². The molecule has 1 fully saturated rings. The molecule has 1 saturated heterocycles. The number of hydrogen-bond acceptors (Lipinski definition) is 2. The molecule has 1 rings (SSSR count). The van der Waals surface area contributed by atoms with Crippen LogP contribution >= 0.6 is 11.8 Å². The number of ether oxygens (including phenoxy) is 1. The Morgan fingerprint density at radius 1 is 1.80 bits per heavy atom. The fourth-order valence-corrected chi connectivity index (χ4v) is 2.03. The van der Waals surface area contributed by atoms with Gasteiger partial charge >= 0.3 is 0 Å². The average molecular weight is 158 g/mol. The summed E-state index contributed by atoms with van der Waals surface area (Å²) in [5, 5.41) is 0. The smallest absolute Gasteiger partial charge is 0.0677 e. The predicted octanol–water partition coefficient (Wildman–Crippen LogP) is 2.08. The zero-order chi connectivity index (χ0) is 7.40. The van der Waals surface area contributed by atoms with Crippen LogP contribution in [0, 0.1) is 0 Å². The van der Waals surface area contributed by atoms with Gasteiger partial charge in [-0.05, 0) is 19.1 Å². The zero-order valence-electron chi connectivity index (χ0n) is 6.43. The van der Waals surface area contributed by atoms with Gasteiger partial charge in [0.2, 0.25) is 0 Å². The Balaban J connectivity index is 2.07. The van der Waals surface area contributed by atoms with E-state index in [1.54, 1.807) is 0 Å². The third kappa shape index (κ3) is 2.76. The maximum absolute atomic E-state index is 5.54. The maximum atomic E-state index is 5.54. The van der Waals surface area contributed by atoms with Crippen LogP contribution in [0.4, 0.5) is 0 Å². The number of rotatable bonds is 3. The van der Waals surface area contributed by atoms with Crippen LogP contribution in [0.1, 0.15) is 13.3 Å². The van der Waals surface area contributed by atoms with E-state index in [0.717, 1.165) is 12.2 Å². The van der Waals surface area contributed by atoms with Gasteiger partial charge in [-0.3, -0.25) is 0 Å². The molecule has 2 heteroatoms. The van der Waals surface area contributed by atoms with Crippen LogP contribution in [0.5, 0.6) is 0 Å². The first kappa shape index (κ1) is 8.15. The number of hydrogen-bond donors (Lipinski definition) is 0. The van der Waals surface area contributed by atoms with Crippen molar-refractivity contribution >= 4 is 11.8 Å². The molecule has 58 valence electrons. The second kappa shape index (κ2) is 4.04. The fourth-order valence-electron chi connectivity index (χ4n) is 0.904. The van der Waals surface area contributed by atoms with Crippen molar-refractivity contribution in [2.24, 2.45) is 0 Å². The molecule has 0 amide bonds. The van der Waals surface area contributed by atoms with Crippen LogP contribution in [-0.4, -0.2) is 24.2 Å². The molecule has 1 nitrogen and oxygen atoms in total. The molecule has 1 aliphatic heterocycles. The Hall–Kier alpha value is 0.0500. The van der Waals surface area contributed by atoms with E-state index in [0.29, 0.717) is 6.10 Å². The monoisotopic (exact) mass is 158 g/mol. The molecule has 1 aliphatic rings. The van der Waals surface area contributed by atoms with E-state index in [1.807, 2.05) is 18.7 Å². The largest absolute Gasteiger partial charge is 0.373 e. The number of thioether (sulfide) groups is 1. The molecule has 0 radical (unpaired) electrons. The van der Waals surface area contributed by atoms with Gasteiger partial charge in [0.05, 0.1) is 12.7 Å². The summed E-state index contributed by atoms with van der Waals surface area (Å²) in [5.41, 5.74) is 1.12. The van der Waals surface area contributed by atoms with Gasteiger partial charge in [-0.2, -0.15) is 11.8 Å². The highest BCUT2D eigenvalue weighted by molar-refractivity contribution is 7.99. The molecule has 1 unspecified atom stereocenters. The van der Waals surface area contributed by atoms with Gasteiger partial charge in [0.1, 0.15) is 0 Å². The molecule has 0 N–H and O–H groups in total. The van der Waals surface area contributed by atoms with Crippen molar-refractivity contribution in [1.29, 1.82) is 0 Å². The van der Waals surface area contributed by atoms with Gasteiger partial charge in [0.15, 0.2) is 0 Å². The molecule has 10 heavy (non-hydrogen) atoms. The molecule has 0 aromatic rings. The third-order valence-corrected chi connectivity index (χ3v) is 2.59. The van der Waals surface area contributed by atoms with E-state index in [-0.39, 0.29) is 0 Å². The molecular formula is C8H14OS. The highest BCUT2D eigenvalue weighted by Crippen LogP contribution is 2.20. The van der Waals surface area contributed by atoms with Crippen LogP contribution in [-0.2, 0) is 4.74 Å². The van der Waals surface area contributed by atoms with Crippen molar-refractivity contribution < 1.29 is 4.74 Å². The van der Waals surface area contributed by atoms with E-state index in [9.17, 15) is 0 Å². The van der Waals surface area contributed by atoms with Crippen LogP contribution in [0.15, 0.2) is 12.2 Å².